The highest BCUT2D eigenvalue weighted by molar-refractivity contribution is 5.93. The van der Waals surface area contributed by atoms with Gasteiger partial charge < -0.3 is 15.1 Å². The quantitative estimate of drug-likeness (QED) is 0.736. The third kappa shape index (κ3) is 4.14. The molecule has 3 aromatic rings. The van der Waals surface area contributed by atoms with Crippen molar-refractivity contribution < 1.29 is 4.79 Å². The molecule has 1 aliphatic heterocycles. The Morgan fingerprint density at radius 2 is 1.72 bits per heavy atom. The third-order valence-electron chi connectivity index (χ3n) is 4.71. The number of carbonyl (C=O) groups excluding carboxylic acids is 1. The molecule has 1 N–H and O–H groups in total. The summed E-state index contributed by atoms with van der Waals surface area (Å²) in [5.74, 6) is 0.566. The molecule has 8 nitrogen and oxygen atoms in total. The summed E-state index contributed by atoms with van der Waals surface area (Å²) in [6.45, 7) is 2.49. The molecule has 0 unspecified atom stereocenters. The predicted octanol–water partition coefficient (Wildman–Crippen LogP) is 2.45. The van der Waals surface area contributed by atoms with Crippen LogP contribution in [0.2, 0.25) is 0 Å². The monoisotopic (exact) mass is 385 g/mol. The summed E-state index contributed by atoms with van der Waals surface area (Å²) in [4.78, 5) is 29.5. The first kappa shape index (κ1) is 18.4. The maximum absolute atomic E-state index is 12.9. The summed E-state index contributed by atoms with van der Waals surface area (Å²) in [5, 5.41) is 12.4. The van der Waals surface area contributed by atoms with Crippen LogP contribution in [0, 0.1) is 11.3 Å². The SMILES string of the molecule is N#Cc1ccccc1Nc1ccnc(C(=O)N2CCN(c3ncccn3)CC2)c1. The summed E-state index contributed by atoms with van der Waals surface area (Å²) in [6.07, 6.45) is 5.03. The number of carbonyl (C=O) groups is 1. The first-order valence-corrected chi connectivity index (χ1v) is 9.28. The van der Waals surface area contributed by atoms with Gasteiger partial charge in [-0.1, -0.05) is 12.1 Å². The van der Waals surface area contributed by atoms with Crippen LogP contribution in [-0.4, -0.2) is 51.9 Å². The van der Waals surface area contributed by atoms with Crippen molar-refractivity contribution in [3.63, 3.8) is 0 Å². The van der Waals surface area contributed by atoms with Crippen LogP contribution in [0.3, 0.4) is 0 Å². The number of amides is 1. The number of piperazine rings is 1. The average molecular weight is 385 g/mol. The molecule has 0 atom stereocenters. The number of aromatic nitrogens is 3. The van der Waals surface area contributed by atoms with Gasteiger partial charge in [0.15, 0.2) is 0 Å². The zero-order valence-corrected chi connectivity index (χ0v) is 15.7. The summed E-state index contributed by atoms with van der Waals surface area (Å²) in [5.41, 5.74) is 2.31. The Morgan fingerprint density at radius 3 is 2.48 bits per heavy atom. The van der Waals surface area contributed by atoms with Crippen molar-refractivity contribution in [2.45, 2.75) is 0 Å². The lowest BCUT2D eigenvalue weighted by Crippen LogP contribution is -2.49. The average Bonchev–Trinajstić information content (AvgIpc) is 2.80. The Hall–Kier alpha value is -3.99. The van der Waals surface area contributed by atoms with Gasteiger partial charge in [-0.15, -0.1) is 0 Å². The zero-order chi connectivity index (χ0) is 20.1. The first-order chi connectivity index (χ1) is 14.2. The molecule has 144 valence electrons. The van der Waals surface area contributed by atoms with E-state index in [0.717, 1.165) is 0 Å². The molecule has 1 fully saturated rings. The van der Waals surface area contributed by atoms with E-state index in [1.807, 2.05) is 18.2 Å². The molecular weight excluding hydrogens is 366 g/mol. The van der Waals surface area contributed by atoms with Crippen LogP contribution in [0.4, 0.5) is 17.3 Å². The lowest BCUT2D eigenvalue weighted by Gasteiger charge is -2.34. The molecule has 0 spiro atoms. The fourth-order valence-electron chi connectivity index (χ4n) is 3.20. The Labute approximate surface area is 168 Å². The second-order valence-electron chi connectivity index (χ2n) is 6.54. The van der Waals surface area contributed by atoms with Crippen molar-refractivity contribution in [3.05, 3.63) is 72.3 Å². The van der Waals surface area contributed by atoms with Crippen molar-refractivity contribution >= 4 is 23.2 Å². The minimum absolute atomic E-state index is 0.115. The number of nitrogens with one attached hydrogen (secondary N) is 1. The molecule has 4 rings (SSSR count). The Balaban J connectivity index is 1.43. The molecule has 3 heterocycles. The standard InChI is InChI=1S/C21H19N7O/c22-15-16-4-1-2-5-18(16)26-17-6-9-23-19(14-17)20(29)27-10-12-28(13-11-27)21-24-7-3-8-25-21/h1-9,14H,10-13H2,(H,23,26). The number of pyridine rings is 1. The van der Waals surface area contributed by atoms with Crippen molar-refractivity contribution in [2.75, 3.05) is 36.4 Å². The van der Waals surface area contributed by atoms with Gasteiger partial charge in [0.2, 0.25) is 5.95 Å². The van der Waals surface area contributed by atoms with Gasteiger partial charge in [-0.25, -0.2) is 9.97 Å². The number of hydrogen-bond acceptors (Lipinski definition) is 7. The summed E-state index contributed by atoms with van der Waals surface area (Å²) in [7, 11) is 0. The molecule has 0 saturated carbocycles. The van der Waals surface area contributed by atoms with E-state index in [4.69, 9.17) is 0 Å². The number of nitrogens with zero attached hydrogens (tertiary/aromatic N) is 6. The Bertz CT molecular complexity index is 1040. The Kier molecular flexibility index (Phi) is 5.29. The summed E-state index contributed by atoms with van der Waals surface area (Å²) < 4.78 is 0. The first-order valence-electron chi connectivity index (χ1n) is 9.28. The third-order valence-corrected chi connectivity index (χ3v) is 4.71. The van der Waals surface area contributed by atoms with Crippen LogP contribution in [0.5, 0.6) is 0 Å². The van der Waals surface area contributed by atoms with Crippen LogP contribution in [-0.2, 0) is 0 Å². The van der Waals surface area contributed by atoms with Crippen LogP contribution < -0.4 is 10.2 Å². The molecule has 29 heavy (non-hydrogen) atoms. The molecule has 1 amide bonds. The van der Waals surface area contributed by atoms with E-state index in [9.17, 15) is 10.1 Å². The molecule has 1 aliphatic rings. The van der Waals surface area contributed by atoms with E-state index in [2.05, 4.69) is 31.2 Å². The number of para-hydroxylation sites is 1. The van der Waals surface area contributed by atoms with Gasteiger partial charge in [0, 0.05) is 50.5 Å². The van der Waals surface area contributed by atoms with Gasteiger partial charge in [-0.05, 0) is 30.3 Å². The second-order valence-corrected chi connectivity index (χ2v) is 6.54. The highest BCUT2D eigenvalue weighted by atomic mass is 16.2. The number of benzene rings is 1. The molecular formula is C21H19N7O. The smallest absolute Gasteiger partial charge is 0.272 e. The van der Waals surface area contributed by atoms with Crippen molar-refractivity contribution in [2.24, 2.45) is 0 Å². The predicted molar refractivity (Wildman–Crippen MR) is 109 cm³/mol. The van der Waals surface area contributed by atoms with E-state index >= 15 is 0 Å². The van der Waals surface area contributed by atoms with Crippen molar-refractivity contribution in [3.8, 4) is 6.07 Å². The molecule has 0 radical (unpaired) electrons. The van der Waals surface area contributed by atoms with Crippen LogP contribution in [0.15, 0.2) is 61.1 Å². The maximum Gasteiger partial charge on any atom is 0.272 e. The number of nitriles is 1. The van der Waals surface area contributed by atoms with Crippen LogP contribution in [0.1, 0.15) is 16.1 Å². The largest absolute Gasteiger partial charge is 0.354 e. The molecule has 1 saturated heterocycles. The second kappa shape index (κ2) is 8.35. The van der Waals surface area contributed by atoms with Gasteiger partial charge in [0.1, 0.15) is 11.8 Å². The van der Waals surface area contributed by atoms with Gasteiger partial charge in [0.05, 0.1) is 11.3 Å². The summed E-state index contributed by atoms with van der Waals surface area (Å²) in [6, 6.07) is 14.7. The topological polar surface area (TPSA) is 98.0 Å². The highest BCUT2D eigenvalue weighted by Gasteiger charge is 2.24. The minimum Gasteiger partial charge on any atom is -0.354 e. The minimum atomic E-state index is -0.115. The normalized spacial score (nSPS) is 13.6. The molecule has 0 bridgehead atoms. The highest BCUT2D eigenvalue weighted by Crippen LogP contribution is 2.21. The fraction of sp³-hybridized carbons (Fsp3) is 0.190. The van der Waals surface area contributed by atoms with Gasteiger partial charge in [-0.2, -0.15) is 5.26 Å². The number of anilines is 3. The van der Waals surface area contributed by atoms with E-state index < -0.39 is 0 Å². The lowest BCUT2D eigenvalue weighted by atomic mass is 10.2. The van der Waals surface area contributed by atoms with Gasteiger partial charge in [0.25, 0.3) is 5.91 Å². The van der Waals surface area contributed by atoms with E-state index in [1.165, 1.54) is 0 Å². The zero-order valence-electron chi connectivity index (χ0n) is 15.7. The maximum atomic E-state index is 12.9. The van der Waals surface area contributed by atoms with Crippen molar-refractivity contribution in [1.29, 1.82) is 5.26 Å². The van der Waals surface area contributed by atoms with Gasteiger partial charge >= 0.3 is 0 Å². The number of rotatable bonds is 4. The molecule has 1 aromatic carbocycles. The molecule has 0 aliphatic carbocycles. The van der Waals surface area contributed by atoms with E-state index in [-0.39, 0.29) is 5.91 Å². The van der Waals surface area contributed by atoms with Crippen LogP contribution >= 0.6 is 0 Å². The summed E-state index contributed by atoms with van der Waals surface area (Å²) >= 11 is 0. The fourth-order valence-corrected chi connectivity index (χ4v) is 3.20. The molecule has 2 aromatic heterocycles. The van der Waals surface area contributed by atoms with Gasteiger partial charge in [-0.3, -0.25) is 9.78 Å². The number of hydrogen-bond donors (Lipinski definition) is 1. The van der Waals surface area contributed by atoms with E-state index in [0.29, 0.717) is 54.8 Å². The van der Waals surface area contributed by atoms with Crippen molar-refractivity contribution in [1.82, 2.24) is 19.9 Å². The van der Waals surface area contributed by atoms with Crippen LogP contribution in [0.25, 0.3) is 0 Å². The van der Waals surface area contributed by atoms with E-state index in [1.54, 1.807) is 47.8 Å². The lowest BCUT2D eigenvalue weighted by molar-refractivity contribution is 0.0740. The molecule has 8 heteroatoms. The Morgan fingerprint density at radius 1 is 0.966 bits per heavy atom.